The third-order valence-corrected chi connectivity index (χ3v) is 6.21. The molecule has 4 aromatic rings. The van der Waals surface area contributed by atoms with E-state index in [4.69, 9.17) is 19.6 Å². The van der Waals surface area contributed by atoms with Gasteiger partial charge in [0.15, 0.2) is 5.65 Å². The van der Waals surface area contributed by atoms with Crippen LogP contribution in [0.25, 0.3) is 16.9 Å². The van der Waals surface area contributed by atoms with Crippen LogP contribution in [-0.4, -0.2) is 64.9 Å². The minimum absolute atomic E-state index is 0.0147. The predicted molar refractivity (Wildman–Crippen MR) is 127 cm³/mol. The first kappa shape index (κ1) is 20.8. The van der Waals surface area contributed by atoms with Gasteiger partial charge in [0.1, 0.15) is 24.3 Å². The average molecular weight is 457 g/mol. The largest absolute Gasteiger partial charge is 0.378 e. The Morgan fingerprint density at radius 1 is 0.971 bits per heavy atom. The number of hydrogen-bond acceptors (Lipinski definition) is 7. The topological polar surface area (TPSA) is 85.1 Å². The van der Waals surface area contributed by atoms with Crippen molar-refractivity contribution in [3.8, 4) is 11.3 Å². The summed E-state index contributed by atoms with van der Waals surface area (Å²) in [5, 5.41) is 4.84. The minimum atomic E-state index is -0.207. The number of benzene rings is 1. The molecule has 0 aliphatic carbocycles. The molecule has 1 amide bonds. The Morgan fingerprint density at radius 2 is 1.76 bits per heavy atom. The fourth-order valence-electron chi connectivity index (χ4n) is 4.43. The maximum atomic E-state index is 12.9. The standard InChI is InChI=1S/C25H24N6O3/c32-25-17-34-21(19-4-2-1-3-5-19)16-30(25)22-15-24(29-10-12-33-13-11-29)31-23(27-22)14-20(28-31)18-6-8-26-9-7-18/h1-9,14-15,21H,10-13,16-17H2. The first-order valence-electron chi connectivity index (χ1n) is 11.4. The SMILES string of the molecule is O=C1COC(c2ccccc2)CN1c1cc(N2CCOCC2)n2nc(-c3ccncc3)cc2n1. The Morgan fingerprint density at radius 3 is 2.56 bits per heavy atom. The fourth-order valence-corrected chi connectivity index (χ4v) is 4.43. The first-order chi connectivity index (χ1) is 16.8. The molecule has 0 saturated carbocycles. The van der Waals surface area contributed by atoms with E-state index in [2.05, 4.69) is 9.88 Å². The van der Waals surface area contributed by atoms with Crippen LogP contribution in [0.1, 0.15) is 11.7 Å². The number of amides is 1. The van der Waals surface area contributed by atoms with Crippen LogP contribution in [0.4, 0.5) is 11.6 Å². The Hall–Kier alpha value is -3.82. The van der Waals surface area contributed by atoms with E-state index in [1.807, 2.05) is 59.1 Å². The van der Waals surface area contributed by atoms with E-state index < -0.39 is 0 Å². The van der Waals surface area contributed by atoms with E-state index in [1.165, 1.54) is 0 Å². The third-order valence-electron chi connectivity index (χ3n) is 6.21. The van der Waals surface area contributed by atoms with Crippen LogP contribution in [-0.2, 0) is 14.3 Å². The van der Waals surface area contributed by atoms with E-state index in [9.17, 15) is 4.79 Å². The quantitative estimate of drug-likeness (QED) is 0.467. The average Bonchev–Trinajstić information content (AvgIpc) is 3.34. The second-order valence-corrected chi connectivity index (χ2v) is 8.32. The lowest BCUT2D eigenvalue weighted by atomic mass is 10.1. The first-order valence-corrected chi connectivity index (χ1v) is 11.4. The van der Waals surface area contributed by atoms with Crippen LogP contribution < -0.4 is 9.80 Å². The molecule has 2 aliphatic heterocycles. The van der Waals surface area contributed by atoms with Crippen molar-refractivity contribution >= 4 is 23.2 Å². The lowest BCUT2D eigenvalue weighted by Crippen LogP contribution is -2.44. The number of morpholine rings is 2. The Bertz CT molecular complexity index is 1300. The van der Waals surface area contributed by atoms with Gasteiger partial charge in [-0.15, -0.1) is 0 Å². The monoisotopic (exact) mass is 456 g/mol. The van der Waals surface area contributed by atoms with Crippen molar-refractivity contribution < 1.29 is 14.3 Å². The van der Waals surface area contributed by atoms with Gasteiger partial charge < -0.3 is 14.4 Å². The zero-order chi connectivity index (χ0) is 22.9. The molecule has 9 heteroatoms. The summed E-state index contributed by atoms with van der Waals surface area (Å²) in [5.74, 6) is 1.38. The second-order valence-electron chi connectivity index (χ2n) is 8.32. The molecule has 172 valence electrons. The maximum Gasteiger partial charge on any atom is 0.254 e. The molecule has 1 atom stereocenters. The zero-order valence-corrected chi connectivity index (χ0v) is 18.6. The van der Waals surface area contributed by atoms with Crippen LogP contribution in [0.2, 0.25) is 0 Å². The number of nitrogens with zero attached hydrogens (tertiary/aromatic N) is 6. The number of anilines is 2. The highest BCUT2D eigenvalue weighted by molar-refractivity contribution is 5.94. The van der Waals surface area contributed by atoms with E-state index >= 15 is 0 Å². The van der Waals surface area contributed by atoms with E-state index in [1.54, 1.807) is 17.3 Å². The molecule has 0 bridgehead atoms. The normalized spacial score (nSPS) is 19.1. The van der Waals surface area contributed by atoms with E-state index in [-0.39, 0.29) is 18.6 Å². The van der Waals surface area contributed by atoms with Crippen LogP contribution >= 0.6 is 0 Å². The highest BCUT2D eigenvalue weighted by Crippen LogP contribution is 2.30. The lowest BCUT2D eigenvalue weighted by molar-refractivity contribution is -0.129. The molecule has 34 heavy (non-hydrogen) atoms. The summed E-state index contributed by atoms with van der Waals surface area (Å²) in [7, 11) is 0. The smallest absolute Gasteiger partial charge is 0.254 e. The number of hydrogen-bond donors (Lipinski definition) is 0. The molecule has 0 spiro atoms. The molecule has 2 saturated heterocycles. The molecule has 2 fully saturated rings. The summed E-state index contributed by atoms with van der Waals surface area (Å²) >= 11 is 0. The summed E-state index contributed by atoms with van der Waals surface area (Å²) in [6, 6.07) is 17.7. The van der Waals surface area contributed by atoms with Crippen LogP contribution in [0.3, 0.4) is 0 Å². The molecule has 9 nitrogen and oxygen atoms in total. The zero-order valence-electron chi connectivity index (χ0n) is 18.6. The molecular weight excluding hydrogens is 432 g/mol. The number of ether oxygens (including phenoxy) is 2. The number of aromatic nitrogens is 4. The molecule has 2 aliphatic rings. The van der Waals surface area contributed by atoms with Crippen molar-refractivity contribution in [3.05, 3.63) is 72.6 Å². The summed E-state index contributed by atoms with van der Waals surface area (Å²) in [6.45, 7) is 3.19. The maximum absolute atomic E-state index is 12.9. The summed E-state index contributed by atoms with van der Waals surface area (Å²) < 4.78 is 13.3. The third kappa shape index (κ3) is 3.89. The minimum Gasteiger partial charge on any atom is -0.378 e. The molecule has 5 heterocycles. The molecule has 0 N–H and O–H groups in total. The van der Waals surface area contributed by atoms with Crippen molar-refractivity contribution in [1.29, 1.82) is 0 Å². The highest BCUT2D eigenvalue weighted by Gasteiger charge is 2.30. The number of carbonyl (C=O) groups excluding carboxylic acids is 1. The van der Waals surface area contributed by atoms with Gasteiger partial charge in [0.25, 0.3) is 5.91 Å². The fraction of sp³-hybridized carbons (Fsp3) is 0.280. The van der Waals surface area contributed by atoms with Crippen LogP contribution in [0.15, 0.2) is 67.0 Å². The van der Waals surface area contributed by atoms with Gasteiger partial charge in [-0.05, 0) is 17.7 Å². The van der Waals surface area contributed by atoms with Gasteiger partial charge in [-0.1, -0.05) is 30.3 Å². The van der Waals surface area contributed by atoms with Gasteiger partial charge >= 0.3 is 0 Å². The van der Waals surface area contributed by atoms with Crippen molar-refractivity contribution in [3.63, 3.8) is 0 Å². The van der Waals surface area contributed by atoms with Crippen molar-refractivity contribution in [2.24, 2.45) is 0 Å². The lowest BCUT2D eigenvalue weighted by Gasteiger charge is -2.34. The van der Waals surface area contributed by atoms with Gasteiger partial charge in [0, 0.05) is 43.2 Å². The van der Waals surface area contributed by atoms with Gasteiger partial charge in [0.05, 0.1) is 25.5 Å². The van der Waals surface area contributed by atoms with Crippen molar-refractivity contribution in [2.75, 3.05) is 49.3 Å². The second kappa shape index (κ2) is 8.85. The number of pyridine rings is 1. The summed E-state index contributed by atoms with van der Waals surface area (Å²) in [6.07, 6.45) is 3.29. The number of fused-ring (bicyclic) bond motifs is 1. The van der Waals surface area contributed by atoms with Crippen LogP contribution in [0.5, 0.6) is 0 Å². The van der Waals surface area contributed by atoms with Gasteiger partial charge in [-0.25, -0.2) is 4.98 Å². The van der Waals surface area contributed by atoms with Gasteiger partial charge in [-0.3, -0.25) is 14.7 Å². The summed E-state index contributed by atoms with van der Waals surface area (Å²) in [5.41, 5.74) is 3.48. The van der Waals surface area contributed by atoms with Crippen molar-refractivity contribution in [1.82, 2.24) is 19.6 Å². The molecule has 1 unspecified atom stereocenters. The van der Waals surface area contributed by atoms with E-state index in [0.717, 1.165) is 35.7 Å². The number of rotatable bonds is 4. The Kier molecular flexibility index (Phi) is 5.40. The van der Waals surface area contributed by atoms with Crippen LogP contribution in [0, 0.1) is 0 Å². The molecule has 0 radical (unpaired) electrons. The molecule has 3 aromatic heterocycles. The Balaban J connectivity index is 1.43. The van der Waals surface area contributed by atoms with Gasteiger partial charge in [-0.2, -0.15) is 9.61 Å². The number of carbonyl (C=O) groups is 1. The molecular formula is C25H24N6O3. The molecule has 1 aromatic carbocycles. The van der Waals surface area contributed by atoms with Crippen molar-refractivity contribution in [2.45, 2.75) is 6.10 Å². The highest BCUT2D eigenvalue weighted by atomic mass is 16.5. The predicted octanol–water partition coefficient (Wildman–Crippen LogP) is 2.73. The Labute approximate surface area is 196 Å². The summed E-state index contributed by atoms with van der Waals surface area (Å²) in [4.78, 5) is 25.8. The van der Waals surface area contributed by atoms with E-state index in [0.29, 0.717) is 31.2 Å². The molecule has 6 rings (SSSR count). The van der Waals surface area contributed by atoms with Gasteiger partial charge in [0.2, 0.25) is 0 Å².